The minimum absolute atomic E-state index is 0.107. The van der Waals surface area contributed by atoms with Crippen LogP contribution in [0.4, 0.5) is 0 Å². The number of hydrogen-bond acceptors (Lipinski definition) is 2. The van der Waals surface area contributed by atoms with Gasteiger partial charge in [-0.05, 0) is 28.8 Å². The second-order valence-corrected chi connectivity index (χ2v) is 8.83. The zero-order valence-corrected chi connectivity index (χ0v) is 18.7. The summed E-state index contributed by atoms with van der Waals surface area (Å²) >= 11 is 0. The van der Waals surface area contributed by atoms with Gasteiger partial charge < -0.3 is 4.40 Å². The van der Waals surface area contributed by atoms with Crippen molar-refractivity contribution in [1.29, 1.82) is 0 Å². The van der Waals surface area contributed by atoms with Gasteiger partial charge in [0, 0.05) is 16.5 Å². The Morgan fingerprint density at radius 3 is 1.69 bits per heavy atom. The van der Waals surface area contributed by atoms with Gasteiger partial charge in [0.2, 0.25) is 0 Å². The van der Waals surface area contributed by atoms with Crippen LogP contribution < -0.4 is 0 Å². The molecule has 1 aliphatic rings. The van der Waals surface area contributed by atoms with E-state index in [0.29, 0.717) is 22.3 Å². The van der Waals surface area contributed by atoms with Crippen molar-refractivity contribution in [3.8, 4) is 22.4 Å². The van der Waals surface area contributed by atoms with Crippen molar-refractivity contribution in [2.75, 3.05) is 0 Å². The predicted molar refractivity (Wildman–Crippen MR) is 139 cm³/mol. The molecule has 2 heterocycles. The van der Waals surface area contributed by atoms with Crippen LogP contribution in [0.15, 0.2) is 115 Å². The molecule has 0 saturated heterocycles. The highest BCUT2D eigenvalue weighted by molar-refractivity contribution is 6.33. The molecule has 0 fully saturated rings. The van der Waals surface area contributed by atoms with Crippen LogP contribution in [-0.4, -0.2) is 16.0 Å². The number of fused-ring (bicyclic) bond motifs is 6. The minimum atomic E-state index is -0.108. The summed E-state index contributed by atoms with van der Waals surface area (Å²) in [7, 11) is 0. The molecule has 0 atom stereocenters. The van der Waals surface area contributed by atoms with E-state index in [9.17, 15) is 9.59 Å². The van der Waals surface area contributed by atoms with E-state index in [1.54, 1.807) is 12.1 Å². The third-order valence-corrected chi connectivity index (χ3v) is 6.93. The summed E-state index contributed by atoms with van der Waals surface area (Å²) in [6.07, 6.45) is 0. The zero-order chi connectivity index (χ0) is 23.5. The smallest absolute Gasteiger partial charge is 0.196 e. The van der Waals surface area contributed by atoms with E-state index < -0.39 is 0 Å². The summed E-state index contributed by atoms with van der Waals surface area (Å²) in [5.41, 5.74) is 7.38. The Hall–Kier alpha value is -4.76. The normalized spacial score (nSPS) is 12.7. The molecule has 2 aromatic heterocycles. The first-order valence-corrected chi connectivity index (χ1v) is 11.6. The average molecular weight is 450 g/mol. The molecular formula is C32H19NO2. The molecule has 1 aliphatic carbocycles. The second-order valence-electron chi connectivity index (χ2n) is 8.83. The standard InChI is InChI=1S/C32H19NO2/c34-31-23-16-7-8-17-24(23)32(35)29-28(31)27-19-25(20-11-3-1-4-12-20)22-15-9-10-18-26(22)33(27)30(29)21-13-5-2-6-14-21/h1-19H. The monoisotopic (exact) mass is 449 g/mol. The molecule has 0 aliphatic heterocycles. The Kier molecular flexibility index (Phi) is 4.15. The van der Waals surface area contributed by atoms with Crippen LogP contribution >= 0.6 is 0 Å². The fourth-order valence-electron chi connectivity index (χ4n) is 5.41. The molecule has 0 unspecified atom stereocenters. The lowest BCUT2D eigenvalue weighted by atomic mass is 9.83. The summed E-state index contributed by atoms with van der Waals surface area (Å²) in [6.45, 7) is 0. The molecule has 0 spiro atoms. The highest BCUT2D eigenvalue weighted by atomic mass is 16.1. The first kappa shape index (κ1) is 19.7. The highest BCUT2D eigenvalue weighted by Crippen LogP contribution is 2.42. The van der Waals surface area contributed by atoms with Crippen LogP contribution in [0.3, 0.4) is 0 Å². The number of carbonyl (C=O) groups is 2. The number of para-hydroxylation sites is 1. The van der Waals surface area contributed by atoms with Gasteiger partial charge in [-0.1, -0.05) is 103 Å². The maximum Gasteiger partial charge on any atom is 0.196 e. The maximum atomic E-state index is 13.9. The van der Waals surface area contributed by atoms with Crippen molar-refractivity contribution < 1.29 is 9.59 Å². The Bertz CT molecular complexity index is 1810. The molecule has 3 nitrogen and oxygen atoms in total. The summed E-state index contributed by atoms with van der Waals surface area (Å²) in [5, 5.41) is 1.06. The van der Waals surface area contributed by atoms with E-state index in [1.165, 1.54) is 0 Å². The Morgan fingerprint density at radius 2 is 1.00 bits per heavy atom. The van der Waals surface area contributed by atoms with Gasteiger partial charge in [-0.15, -0.1) is 0 Å². The fraction of sp³-hybridized carbons (Fsp3) is 0. The fourth-order valence-corrected chi connectivity index (χ4v) is 5.41. The Labute approximate surface area is 201 Å². The number of ketones is 2. The molecule has 164 valence electrons. The van der Waals surface area contributed by atoms with Gasteiger partial charge in [0.25, 0.3) is 0 Å². The van der Waals surface area contributed by atoms with Crippen LogP contribution in [0, 0.1) is 0 Å². The number of aromatic nitrogens is 1. The Morgan fingerprint density at radius 1 is 0.457 bits per heavy atom. The number of pyridine rings is 1. The lowest BCUT2D eigenvalue weighted by Gasteiger charge is -2.15. The minimum Gasteiger partial charge on any atom is -0.308 e. The zero-order valence-electron chi connectivity index (χ0n) is 18.7. The van der Waals surface area contributed by atoms with Crippen LogP contribution in [0.5, 0.6) is 0 Å². The number of rotatable bonds is 2. The number of hydrogen-bond donors (Lipinski definition) is 0. The van der Waals surface area contributed by atoms with Crippen LogP contribution in [0.25, 0.3) is 38.8 Å². The van der Waals surface area contributed by atoms with Gasteiger partial charge in [0.05, 0.1) is 27.9 Å². The third kappa shape index (κ3) is 2.72. The van der Waals surface area contributed by atoms with Gasteiger partial charge >= 0.3 is 0 Å². The molecule has 4 aromatic carbocycles. The molecule has 35 heavy (non-hydrogen) atoms. The Balaban J connectivity index is 1.72. The summed E-state index contributed by atoms with van der Waals surface area (Å²) in [5.74, 6) is -0.215. The largest absolute Gasteiger partial charge is 0.308 e. The van der Waals surface area contributed by atoms with E-state index >= 15 is 0 Å². The lowest BCUT2D eigenvalue weighted by Crippen LogP contribution is -2.19. The topological polar surface area (TPSA) is 38.5 Å². The van der Waals surface area contributed by atoms with Gasteiger partial charge in [-0.2, -0.15) is 0 Å². The van der Waals surface area contributed by atoms with Crippen molar-refractivity contribution in [3.05, 3.63) is 138 Å². The van der Waals surface area contributed by atoms with Crippen molar-refractivity contribution in [3.63, 3.8) is 0 Å². The second kappa shape index (κ2) is 7.37. The van der Waals surface area contributed by atoms with Crippen molar-refractivity contribution in [1.82, 2.24) is 4.40 Å². The van der Waals surface area contributed by atoms with Crippen molar-refractivity contribution in [2.24, 2.45) is 0 Å². The third-order valence-electron chi connectivity index (χ3n) is 6.93. The van der Waals surface area contributed by atoms with Gasteiger partial charge in [0.1, 0.15) is 0 Å². The van der Waals surface area contributed by atoms with E-state index in [1.807, 2.05) is 72.8 Å². The van der Waals surface area contributed by atoms with E-state index in [0.717, 1.165) is 38.8 Å². The van der Waals surface area contributed by atoms with E-state index in [2.05, 4.69) is 34.7 Å². The molecule has 3 heteroatoms. The first-order chi connectivity index (χ1) is 17.2. The molecule has 6 aromatic rings. The molecule has 0 N–H and O–H groups in total. The SMILES string of the molecule is O=C1c2ccccc2C(=O)c2c1c(-c1ccccc1)n1c2cc(-c2ccccc2)c2ccccc21. The van der Waals surface area contributed by atoms with E-state index in [-0.39, 0.29) is 11.6 Å². The predicted octanol–water partition coefficient (Wildman–Crippen LogP) is 7.20. The molecule has 0 bridgehead atoms. The first-order valence-electron chi connectivity index (χ1n) is 11.6. The quantitative estimate of drug-likeness (QED) is 0.280. The molecule has 0 saturated carbocycles. The molecule has 0 radical (unpaired) electrons. The number of benzene rings is 4. The van der Waals surface area contributed by atoms with Gasteiger partial charge in [0.15, 0.2) is 11.6 Å². The van der Waals surface area contributed by atoms with Crippen molar-refractivity contribution >= 4 is 28.0 Å². The molecule has 7 rings (SSSR count). The van der Waals surface area contributed by atoms with Crippen LogP contribution in [0.2, 0.25) is 0 Å². The van der Waals surface area contributed by atoms with Gasteiger partial charge in [-0.3, -0.25) is 9.59 Å². The van der Waals surface area contributed by atoms with Crippen LogP contribution in [-0.2, 0) is 0 Å². The summed E-state index contributed by atoms with van der Waals surface area (Å²) in [6, 6.07) is 37.5. The average Bonchev–Trinajstić information content (AvgIpc) is 3.28. The maximum absolute atomic E-state index is 13.9. The molecule has 0 amide bonds. The molecular weight excluding hydrogens is 430 g/mol. The van der Waals surface area contributed by atoms with E-state index in [4.69, 9.17) is 0 Å². The van der Waals surface area contributed by atoms with Crippen LogP contribution in [0.1, 0.15) is 31.8 Å². The number of nitrogens with zero attached hydrogens (tertiary/aromatic N) is 1. The van der Waals surface area contributed by atoms with Crippen molar-refractivity contribution in [2.45, 2.75) is 0 Å². The summed E-state index contributed by atoms with van der Waals surface area (Å²) < 4.78 is 2.10. The van der Waals surface area contributed by atoms with Gasteiger partial charge in [-0.25, -0.2) is 0 Å². The summed E-state index contributed by atoms with van der Waals surface area (Å²) in [4.78, 5) is 27.9. The highest BCUT2D eigenvalue weighted by Gasteiger charge is 2.36. The lowest BCUT2D eigenvalue weighted by molar-refractivity contribution is 0.0981. The number of carbonyl (C=O) groups excluding carboxylic acids is 2.